The first-order valence-electron chi connectivity index (χ1n) is 13.0. The first-order chi connectivity index (χ1) is 16.7. The molecule has 0 fully saturated rings. The summed E-state index contributed by atoms with van der Waals surface area (Å²) in [4.78, 5) is 0. The zero-order chi connectivity index (χ0) is 26.1. The third kappa shape index (κ3) is 6.64. The van der Waals surface area contributed by atoms with E-state index in [4.69, 9.17) is 32.4 Å². The molecule has 0 aliphatic rings. The third-order valence-electron chi connectivity index (χ3n) is 7.80. The molecule has 196 valence electrons. The monoisotopic (exact) mass is 488 g/mol. The van der Waals surface area contributed by atoms with E-state index in [1.54, 1.807) is 12.1 Å². The Morgan fingerprint density at radius 3 is 1.29 bits per heavy atom. The van der Waals surface area contributed by atoms with Crippen molar-refractivity contribution in [3.05, 3.63) is 36.4 Å². The van der Waals surface area contributed by atoms with Crippen LogP contribution in [0.15, 0.2) is 36.4 Å². The Balaban J connectivity index is 2.19. The first-order valence-corrected chi connectivity index (χ1v) is 13.0. The second-order valence-electron chi connectivity index (χ2n) is 9.33. The van der Waals surface area contributed by atoms with Crippen molar-refractivity contribution < 1.29 is 18.4 Å². The maximum atomic E-state index is 6.14. The van der Waals surface area contributed by atoms with Gasteiger partial charge in [0.1, 0.15) is 37.8 Å². The molecule has 0 atom stereocenters. The number of benzene rings is 2. The summed E-state index contributed by atoms with van der Waals surface area (Å²) in [5, 5.41) is 0. The molecule has 0 spiro atoms. The predicted molar refractivity (Wildman–Crippen MR) is 148 cm³/mol. The Labute approximate surface area is 211 Å². The van der Waals surface area contributed by atoms with Crippen molar-refractivity contribution in [1.29, 1.82) is 0 Å². The van der Waals surface area contributed by atoms with Crippen LogP contribution in [0.5, 0.6) is 11.5 Å². The van der Waals surface area contributed by atoms with Crippen LogP contribution < -0.4 is 32.4 Å². The van der Waals surface area contributed by atoms with Crippen LogP contribution in [0.25, 0.3) is 0 Å². The molecule has 0 aliphatic heterocycles. The van der Waals surface area contributed by atoms with Gasteiger partial charge >= 0.3 is 0 Å². The van der Waals surface area contributed by atoms with Crippen LogP contribution in [0.2, 0.25) is 0 Å². The largest absolute Gasteiger partial charge is 0.486 e. The van der Waals surface area contributed by atoms with Crippen molar-refractivity contribution in [1.82, 2.24) is 0 Å². The van der Waals surface area contributed by atoms with Crippen LogP contribution in [-0.4, -0.2) is 67.6 Å². The second kappa shape index (κ2) is 12.7. The molecule has 2 rings (SSSR count). The molecule has 2 aromatic carbocycles. The highest BCUT2D eigenvalue weighted by Gasteiger charge is 2.46. The molecular weight excluding hydrogens is 440 g/mol. The highest BCUT2D eigenvalue weighted by molar-refractivity contribution is 5.61. The Bertz CT molecular complexity index is 854. The van der Waals surface area contributed by atoms with Gasteiger partial charge < -0.3 is 32.4 Å². The lowest BCUT2D eigenvalue weighted by Crippen LogP contribution is -2.71. The molecule has 0 saturated heterocycles. The topological polar surface area (TPSA) is 123 Å². The molecule has 0 aromatic heterocycles. The van der Waals surface area contributed by atoms with Gasteiger partial charge in [-0.1, -0.05) is 6.92 Å². The molecule has 8 nitrogen and oxygen atoms in total. The average molecular weight is 489 g/mol. The highest BCUT2D eigenvalue weighted by atomic mass is 16.5. The van der Waals surface area contributed by atoms with Crippen LogP contribution in [0.4, 0.5) is 22.7 Å². The van der Waals surface area contributed by atoms with Gasteiger partial charge in [0.05, 0.1) is 44.0 Å². The quantitative estimate of drug-likeness (QED) is 0.171. The number of hydrogen-bond donors (Lipinski definition) is 4. The van der Waals surface area contributed by atoms with E-state index in [-0.39, 0.29) is 0 Å². The number of nitrogen functional groups attached to an aromatic ring is 4. The van der Waals surface area contributed by atoms with Crippen molar-refractivity contribution in [3.8, 4) is 11.5 Å². The van der Waals surface area contributed by atoms with E-state index in [1.807, 2.05) is 24.3 Å². The fourth-order valence-corrected chi connectivity index (χ4v) is 5.59. The third-order valence-corrected chi connectivity index (χ3v) is 7.80. The van der Waals surface area contributed by atoms with Gasteiger partial charge in [0.15, 0.2) is 0 Å². The van der Waals surface area contributed by atoms with E-state index in [0.717, 1.165) is 54.7 Å². The summed E-state index contributed by atoms with van der Waals surface area (Å²) < 4.78 is 14.2. The maximum absolute atomic E-state index is 6.14. The van der Waals surface area contributed by atoms with Gasteiger partial charge in [-0.05, 0) is 64.1 Å². The Morgan fingerprint density at radius 1 is 0.629 bits per heavy atom. The van der Waals surface area contributed by atoms with E-state index in [2.05, 4.69) is 34.6 Å². The number of hydrogen-bond acceptors (Lipinski definition) is 6. The SMILES string of the molecule is CCC([N+](CC)(CC)CCOc1ccc(N)cc1N)[N+](CC)(CC)CCOc1ccc(N)cc1N. The number of quaternary nitrogens is 2. The summed E-state index contributed by atoms with van der Waals surface area (Å²) in [6.45, 7) is 18.6. The Hall–Kier alpha value is -2.84. The maximum Gasteiger partial charge on any atom is 0.216 e. The van der Waals surface area contributed by atoms with Crippen molar-refractivity contribution in [3.63, 3.8) is 0 Å². The summed E-state index contributed by atoms with van der Waals surface area (Å²) >= 11 is 0. The van der Waals surface area contributed by atoms with E-state index >= 15 is 0 Å². The second-order valence-corrected chi connectivity index (χ2v) is 9.33. The number of nitrogens with two attached hydrogens (primary N) is 4. The van der Waals surface area contributed by atoms with Gasteiger partial charge in [0.2, 0.25) is 6.17 Å². The van der Waals surface area contributed by atoms with Crippen LogP contribution in [0, 0.1) is 0 Å². The summed E-state index contributed by atoms with van der Waals surface area (Å²) in [5.41, 5.74) is 26.3. The van der Waals surface area contributed by atoms with Crippen molar-refractivity contribution in [2.45, 2.75) is 47.2 Å². The zero-order valence-corrected chi connectivity index (χ0v) is 22.4. The van der Waals surface area contributed by atoms with E-state index < -0.39 is 0 Å². The summed E-state index contributed by atoms with van der Waals surface area (Å²) in [7, 11) is 0. The molecule has 0 unspecified atom stereocenters. The summed E-state index contributed by atoms with van der Waals surface area (Å²) in [6.07, 6.45) is 1.48. The number of likely N-dealkylation sites (N-methyl/N-ethyl adjacent to an activating group) is 2. The predicted octanol–water partition coefficient (Wildman–Crippen LogP) is 3.92. The van der Waals surface area contributed by atoms with Crippen LogP contribution in [0.1, 0.15) is 41.0 Å². The lowest BCUT2D eigenvalue weighted by molar-refractivity contribution is -1.13. The molecule has 0 bridgehead atoms. The van der Waals surface area contributed by atoms with Gasteiger partial charge in [-0.3, -0.25) is 8.97 Å². The van der Waals surface area contributed by atoms with Gasteiger partial charge in [-0.2, -0.15) is 0 Å². The van der Waals surface area contributed by atoms with Gasteiger partial charge in [-0.25, -0.2) is 0 Å². The molecule has 8 heteroatoms. The van der Waals surface area contributed by atoms with Crippen molar-refractivity contribution >= 4 is 22.7 Å². The zero-order valence-electron chi connectivity index (χ0n) is 22.4. The molecule has 35 heavy (non-hydrogen) atoms. The molecule has 0 radical (unpaired) electrons. The summed E-state index contributed by atoms with van der Waals surface area (Å²) in [6, 6.07) is 10.9. The highest BCUT2D eigenvalue weighted by Crippen LogP contribution is 2.29. The lowest BCUT2D eigenvalue weighted by Gasteiger charge is -2.52. The van der Waals surface area contributed by atoms with Crippen molar-refractivity contribution in [2.75, 3.05) is 75.4 Å². The Morgan fingerprint density at radius 2 is 1.00 bits per heavy atom. The van der Waals surface area contributed by atoms with Crippen LogP contribution >= 0.6 is 0 Å². The molecule has 0 amide bonds. The molecule has 0 heterocycles. The minimum atomic E-state index is 0.416. The van der Waals surface area contributed by atoms with Crippen molar-refractivity contribution in [2.24, 2.45) is 0 Å². The minimum Gasteiger partial charge on any atom is -0.486 e. The fraction of sp³-hybridized carbons (Fsp3) is 0.556. The van der Waals surface area contributed by atoms with Gasteiger partial charge in [0.25, 0.3) is 0 Å². The molecule has 8 N–H and O–H groups in total. The Kier molecular flexibility index (Phi) is 10.3. The lowest BCUT2D eigenvalue weighted by atomic mass is 10.1. The fourth-order valence-electron chi connectivity index (χ4n) is 5.59. The molecule has 2 aromatic rings. The van der Waals surface area contributed by atoms with E-state index in [1.165, 1.54) is 0 Å². The smallest absolute Gasteiger partial charge is 0.216 e. The number of rotatable bonds is 15. The number of anilines is 4. The van der Waals surface area contributed by atoms with E-state index in [0.29, 0.717) is 53.6 Å². The van der Waals surface area contributed by atoms with Gasteiger partial charge in [0, 0.05) is 11.4 Å². The van der Waals surface area contributed by atoms with E-state index in [9.17, 15) is 0 Å². The van der Waals surface area contributed by atoms with Crippen LogP contribution in [0.3, 0.4) is 0 Å². The summed E-state index contributed by atoms with van der Waals surface area (Å²) in [5.74, 6) is 1.39. The first kappa shape index (κ1) is 28.4. The number of nitrogens with zero attached hydrogens (tertiary/aromatic N) is 2. The average Bonchev–Trinajstić information content (AvgIpc) is 2.85. The normalized spacial score (nSPS) is 12.2. The van der Waals surface area contributed by atoms with Crippen LogP contribution in [-0.2, 0) is 0 Å². The molecule has 0 saturated carbocycles. The standard InChI is InChI=1S/C27H48N6O2/c1-6-27(32(7-2,8-3)15-17-34-25-13-11-21(28)19-23(25)30)33(9-4,10-5)16-18-35-26-14-12-22(29)20-24(26)31/h11-14,19-20,27H,6-10,15-18,28-31H2,1-5H3/q+2. The van der Waals surface area contributed by atoms with Gasteiger partial charge in [-0.15, -0.1) is 0 Å². The molecule has 0 aliphatic carbocycles. The minimum absolute atomic E-state index is 0.416. The molecular formula is C27H48N6O2+2. The number of ether oxygens (including phenoxy) is 2.